The SMILES string of the molecule is CC(=O)NCc1cnn(-c2ccccc2C(=O)N[C@H]2CCCN(C)C2)c1. The standard InChI is InChI=1S/C19H25N5O2/c1-14(25)20-10-15-11-21-24(12-15)18-8-4-3-7-17(18)19(26)22-16-6-5-9-23(2)13-16/h3-4,7-8,11-12,16H,5-6,9-10,13H2,1-2H3,(H,20,25)(H,22,26)/t16-/m0/s1. The Labute approximate surface area is 153 Å². The molecule has 3 rings (SSSR count). The minimum Gasteiger partial charge on any atom is -0.352 e. The Kier molecular flexibility index (Phi) is 5.68. The molecule has 1 aromatic carbocycles. The number of likely N-dealkylation sites (tertiary alicyclic amines) is 1. The Bertz CT molecular complexity index is 786. The summed E-state index contributed by atoms with van der Waals surface area (Å²) in [6.45, 7) is 3.84. The molecule has 0 bridgehead atoms. The van der Waals surface area contributed by atoms with Crippen LogP contribution in [0.3, 0.4) is 0 Å². The first-order valence-corrected chi connectivity index (χ1v) is 8.89. The molecule has 0 aliphatic carbocycles. The average Bonchev–Trinajstić information content (AvgIpc) is 3.09. The zero-order chi connectivity index (χ0) is 18.5. The van der Waals surface area contributed by atoms with Crippen LogP contribution in [0.2, 0.25) is 0 Å². The zero-order valence-corrected chi connectivity index (χ0v) is 15.2. The van der Waals surface area contributed by atoms with Crippen molar-refractivity contribution in [2.24, 2.45) is 0 Å². The van der Waals surface area contributed by atoms with Gasteiger partial charge in [0.1, 0.15) is 0 Å². The second-order valence-corrected chi connectivity index (χ2v) is 6.79. The van der Waals surface area contributed by atoms with E-state index in [9.17, 15) is 9.59 Å². The highest BCUT2D eigenvalue weighted by molar-refractivity contribution is 5.97. The fraction of sp³-hybridized carbons (Fsp3) is 0.421. The number of nitrogens with zero attached hydrogens (tertiary/aromatic N) is 3. The minimum atomic E-state index is -0.0880. The first-order chi connectivity index (χ1) is 12.5. The van der Waals surface area contributed by atoms with E-state index in [0.29, 0.717) is 12.1 Å². The lowest BCUT2D eigenvalue weighted by Crippen LogP contribution is -2.46. The second-order valence-electron chi connectivity index (χ2n) is 6.79. The summed E-state index contributed by atoms with van der Waals surface area (Å²) < 4.78 is 1.68. The highest BCUT2D eigenvalue weighted by Crippen LogP contribution is 2.16. The van der Waals surface area contributed by atoms with Crippen LogP contribution in [-0.2, 0) is 11.3 Å². The van der Waals surface area contributed by atoms with Crippen LogP contribution in [-0.4, -0.2) is 52.7 Å². The third-order valence-electron chi connectivity index (χ3n) is 4.53. The van der Waals surface area contributed by atoms with Gasteiger partial charge in [0.2, 0.25) is 5.91 Å². The van der Waals surface area contributed by atoms with Gasteiger partial charge in [-0.2, -0.15) is 5.10 Å². The van der Waals surface area contributed by atoms with E-state index in [-0.39, 0.29) is 17.9 Å². The summed E-state index contributed by atoms with van der Waals surface area (Å²) in [7, 11) is 2.08. The number of aromatic nitrogens is 2. The van der Waals surface area contributed by atoms with Crippen molar-refractivity contribution in [1.29, 1.82) is 0 Å². The van der Waals surface area contributed by atoms with E-state index in [1.165, 1.54) is 6.92 Å². The predicted octanol–water partition coefficient (Wildman–Crippen LogP) is 1.33. The third-order valence-corrected chi connectivity index (χ3v) is 4.53. The number of piperidine rings is 1. The maximum atomic E-state index is 12.8. The van der Waals surface area contributed by atoms with Crippen LogP contribution in [0.1, 0.15) is 35.7 Å². The van der Waals surface area contributed by atoms with E-state index in [2.05, 4.69) is 27.7 Å². The van der Waals surface area contributed by atoms with Gasteiger partial charge in [-0.05, 0) is 38.6 Å². The lowest BCUT2D eigenvalue weighted by molar-refractivity contribution is -0.119. The number of para-hydroxylation sites is 1. The topological polar surface area (TPSA) is 79.3 Å². The zero-order valence-electron chi connectivity index (χ0n) is 15.2. The Hall–Kier alpha value is -2.67. The van der Waals surface area contributed by atoms with E-state index in [4.69, 9.17) is 0 Å². The van der Waals surface area contributed by atoms with Crippen molar-refractivity contribution in [3.63, 3.8) is 0 Å². The van der Waals surface area contributed by atoms with Crippen molar-refractivity contribution in [3.05, 3.63) is 47.8 Å². The summed E-state index contributed by atoms with van der Waals surface area (Å²) >= 11 is 0. The molecule has 7 nitrogen and oxygen atoms in total. The van der Waals surface area contributed by atoms with E-state index in [1.807, 2.05) is 30.5 Å². The molecule has 0 unspecified atom stereocenters. The number of carbonyl (C=O) groups excluding carboxylic acids is 2. The molecule has 0 radical (unpaired) electrons. The van der Waals surface area contributed by atoms with Crippen LogP contribution in [0.15, 0.2) is 36.7 Å². The van der Waals surface area contributed by atoms with Gasteiger partial charge in [0.15, 0.2) is 0 Å². The summed E-state index contributed by atoms with van der Waals surface area (Å²) in [5.41, 5.74) is 2.20. The molecular formula is C19H25N5O2. The fourth-order valence-corrected chi connectivity index (χ4v) is 3.22. The van der Waals surface area contributed by atoms with Gasteiger partial charge in [0.05, 0.1) is 17.4 Å². The number of rotatable bonds is 5. The molecule has 1 saturated heterocycles. The first kappa shape index (κ1) is 18.1. The second kappa shape index (κ2) is 8.14. The number of nitrogens with one attached hydrogen (secondary N) is 2. The van der Waals surface area contributed by atoms with Gasteiger partial charge in [-0.15, -0.1) is 0 Å². The Morgan fingerprint density at radius 2 is 2.12 bits per heavy atom. The van der Waals surface area contributed by atoms with Crippen LogP contribution < -0.4 is 10.6 Å². The van der Waals surface area contributed by atoms with Gasteiger partial charge in [-0.25, -0.2) is 4.68 Å². The van der Waals surface area contributed by atoms with Gasteiger partial charge < -0.3 is 15.5 Å². The quantitative estimate of drug-likeness (QED) is 0.848. The van der Waals surface area contributed by atoms with Gasteiger partial charge in [-0.3, -0.25) is 9.59 Å². The number of likely N-dealkylation sites (N-methyl/N-ethyl adjacent to an activating group) is 1. The highest BCUT2D eigenvalue weighted by atomic mass is 16.2. The number of carbonyl (C=O) groups is 2. The van der Waals surface area contributed by atoms with Gasteiger partial charge in [-0.1, -0.05) is 12.1 Å². The average molecular weight is 355 g/mol. The molecule has 138 valence electrons. The molecule has 0 saturated carbocycles. The van der Waals surface area contributed by atoms with E-state index in [1.54, 1.807) is 10.9 Å². The van der Waals surface area contributed by atoms with Crippen LogP contribution in [0.4, 0.5) is 0 Å². The molecule has 2 N–H and O–H groups in total. The molecule has 1 aliphatic heterocycles. The first-order valence-electron chi connectivity index (χ1n) is 8.89. The molecule has 1 aromatic heterocycles. The van der Waals surface area contributed by atoms with Crippen molar-refractivity contribution < 1.29 is 9.59 Å². The van der Waals surface area contributed by atoms with Crippen LogP contribution in [0.25, 0.3) is 5.69 Å². The molecule has 1 atom stereocenters. The lowest BCUT2D eigenvalue weighted by Gasteiger charge is -2.30. The summed E-state index contributed by atoms with van der Waals surface area (Å²) in [6, 6.07) is 7.59. The van der Waals surface area contributed by atoms with Gasteiger partial charge in [0.25, 0.3) is 5.91 Å². The van der Waals surface area contributed by atoms with Crippen LogP contribution >= 0.6 is 0 Å². The summed E-state index contributed by atoms with van der Waals surface area (Å²) in [5, 5.41) is 10.2. The highest BCUT2D eigenvalue weighted by Gasteiger charge is 2.21. The van der Waals surface area contributed by atoms with Crippen molar-refractivity contribution in [2.75, 3.05) is 20.1 Å². The molecule has 7 heteroatoms. The predicted molar refractivity (Wildman–Crippen MR) is 99.1 cm³/mol. The van der Waals surface area contributed by atoms with Crippen molar-refractivity contribution in [2.45, 2.75) is 32.4 Å². The van der Waals surface area contributed by atoms with Crippen LogP contribution in [0.5, 0.6) is 0 Å². The number of hydrogen-bond donors (Lipinski definition) is 2. The smallest absolute Gasteiger partial charge is 0.253 e. The lowest BCUT2D eigenvalue weighted by atomic mass is 10.1. The Morgan fingerprint density at radius 1 is 1.31 bits per heavy atom. The van der Waals surface area contributed by atoms with Gasteiger partial charge >= 0.3 is 0 Å². The maximum Gasteiger partial charge on any atom is 0.253 e. The molecule has 2 aromatic rings. The third kappa shape index (κ3) is 4.49. The largest absolute Gasteiger partial charge is 0.352 e. The Morgan fingerprint density at radius 3 is 2.88 bits per heavy atom. The molecule has 0 spiro atoms. The maximum absolute atomic E-state index is 12.8. The number of amides is 2. The van der Waals surface area contributed by atoms with E-state index < -0.39 is 0 Å². The molecule has 1 aliphatic rings. The van der Waals surface area contributed by atoms with Crippen molar-refractivity contribution in [1.82, 2.24) is 25.3 Å². The number of hydrogen-bond acceptors (Lipinski definition) is 4. The van der Waals surface area contributed by atoms with Gasteiger partial charge in [0, 0.05) is 37.8 Å². The summed E-state index contributed by atoms with van der Waals surface area (Å²) in [6.07, 6.45) is 5.62. The molecule has 2 heterocycles. The summed E-state index contributed by atoms with van der Waals surface area (Å²) in [4.78, 5) is 26.1. The molecule has 2 amide bonds. The van der Waals surface area contributed by atoms with Crippen molar-refractivity contribution in [3.8, 4) is 5.69 Å². The van der Waals surface area contributed by atoms with E-state index in [0.717, 1.165) is 37.2 Å². The molecular weight excluding hydrogens is 330 g/mol. The van der Waals surface area contributed by atoms with E-state index >= 15 is 0 Å². The number of benzene rings is 1. The minimum absolute atomic E-state index is 0.0835. The fourth-order valence-electron chi connectivity index (χ4n) is 3.22. The van der Waals surface area contributed by atoms with Crippen LogP contribution in [0, 0.1) is 0 Å². The summed E-state index contributed by atoms with van der Waals surface area (Å²) in [5.74, 6) is -0.171. The molecule has 26 heavy (non-hydrogen) atoms. The normalized spacial score (nSPS) is 17.7. The molecule has 1 fully saturated rings. The van der Waals surface area contributed by atoms with Crippen molar-refractivity contribution >= 4 is 11.8 Å². The Balaban J connectivity index is 1.75. The monoisotopic (exact) mass is 355 g/mol.